The molecule has 0 heterocycles. The lowest BCUT2D eigenvalue weighted by molar-refractivity contribution is -0.153. The van der Waals surface area contributed by atoms with Crippen LogP contribution in [-0.4, -0.2) is 47.7 Å². The molecule has 0 aliphatic carbocycles. The summed E-state index contributed by atoms with van der Waals surface area (Å²) in [6.07, 6.45) is -1.81. The highest BCUT2D eigenvalue weighted by molar-refractivity contribution is 6.35. The number of carbonyl (C=O) groups is 1. The topological polar surface area (TPSA) is 85.2 Å². The van der Waals surface area contributed by atoms with E-state index in [1.807, 2.05) is 0 Å². The Morgan fingerprint density at radius 2 is 1.79 bits per heavy atom. The van der Waals surface area contributed by atoms with E-state index in [0.717, 1.165) is 5.56 Å². The number of halogens is 2. The second-order valence-electron chi connectivity index (χ2n) is 6.71. The zero-order chi connectivity index (χ0) is 21.4. The van der Waals surface area contributed by atoms with E-state index in [4.69, 9.17) is 37.4 Å². The summed E-state index contributed by atoms with van der Waals surface area (Å²) in [4.78, 5) is 11.4. The van der Waals surface area contributed by atoms with Crippen LogP contribution in [0.4, 0.5) is 0 Å². The van der Waals surface area contributed by atoms with Gasteiger partial charge in [0.05, 0.1) is 11.1 Å². The molecule has 2 aromatic carbocycles. The van der Waals surface area contributed by atoms with Crippen molar-refractivity contribution in [1.29, 1.82) is 0 Å². The third-order valence-corrected chi connectivity index (χ3v) is 4.33. The van der Waals surface area contributed by atoms with Crippen LogP contribution >= 0.6 is 23.2 Å². The molecular formula is C21H24Cl2O6. The first-order chi connectivity index (χ1) is 13.7. The van der Waals surface area contributed by atoms with E-state index in [1.54, 1.807) is 56.3 Å². The maximum absolute atomic E-state index is 11.4. The van der Waals surface area contributed by atoms with E-state index < -0.39 is 18.2 Å². The van der Waals surface area contributed by atoms with Crippen molar-refractivity contribution in [2.75, 3.05) is 13.2 Å². The van der Waals surface area contributed by atoms with Crippen molar-refractivity contribution in [2.24, 2.45) is 0 Å². The van der Waals surface area contributed by atoms with Crippen molar-refractivity contribution in [1.82, 2.24) is 0 Å². The molecule has 2 unspecified atom stereocenters. The molecule has 0 spiro atoms. The fourth-order valence-corrected chi connectivity index (χ4v) is 2.98. The Bertz CT molecular complexity index is 812. The third kappa shape index (κ3) is 8.11. The van der Waals surface area contributed by atoms with Gasteiger partial charge in [-0.15, -0.1) is 0 Å². The zero-order valence-electron chi connectivity index (χ0n) is 16.2. The van der Waals surface area contributed by atoms with Crippen molar-refractivity contribution < 1.29 is 29.2 Å². The van der Waals surface area contributed by atoms with Crippen LogP contribution < -0.4 is 9.47 Å². The molecule has 8 heteroatoms. The van der Waals surface area contributed by atoms with Crippen LogP contribution in [0, 0.1) is 0 Å². The Morgan fingerprint density at radius 3 is 2.45 bits per heavy atom. The third-order valence-electron chi connectivity index (χ3n) is 3.80. The number of aliphatic hydroxyl groups excluding tert-OH is 1. The van der Waals surface area contributed by atoms with Gasteiger partial charge >= 0.3 is 5.97 Å². The Kier molecular flexibility index (Phi) is 9.04. The molecule has 0 saturated heterocycles. The molecule has 6 nitrogen and oxygen atoms in total. The predicted molar refractivity (Wildman–Crippen MR) is 111 cm³/mol. The van der Waals surface area contributed by atoms with Gasteiger partial charge in [0.1, 0.15) is 30.8 Å². The largest absolute Gasteiger partial charge is 0.491 e. The van der Waals surface area contributed by atoms with E-state index in [0.29, 0.717) is 21.5 Å². The smallest absolute Gasteiger partial charge is 0.333 e. The van der Waals surface area contributed by atoms with Gasteiger partial charge in [0.15, 0.2) is 6.10 Å². The van der Waals surface area contributed by atoms with E-state index in [1.165, 1.54) is 0 Å². The van der Waals surface area contributed by atoms with Crippen LogP contribution in [0.3, 0.4) is 0 Å². The second-order valence-corrected chi connectivity index (χ2v) is 7.56. The summed E-state index contributed by atoms with van der Waals surface area (Å²) in [7, 11) is 0. The van der Waals surface area contributed by atoms with Crippen LogP contribution in [0.5, 0.6) is 11.5 Å². The van der Waals surface area contributed by atoms with E-state index in [9.17, 15) is 15.0 Å². The first kappa shape index (κ1) is 23.3. The van der Waals surface area contributed by atoms with E-state index in [-0.39, 0.29) is 25.7 Å². The minimum atomic E-state index is -1.02. The normalized spacial score (nSPS) is 13.2. The molecule has 158 valence electrons. The Balaban J connectivity index is 1.87. The molecule has 0 amide bonds. The number of carboxylic acids is 1. The molecular weight excluding hydrogens is 419 g/mol. The number of aliphatic hydroxyl groups is 1. The summed E-state index contributed by atoms with van der Waals surface area (Å²) in [6.45, 7) is 3.57. The summed E-state index contributed by atoms with van der Waals surface area (Å²) in [5.74, 6) is -0.0832. The van der Waals surface area contributed by atoms with Gasteiger partial charge in [-0.05, 0) is 49.7 Å². The average molecular weight is 443 g/mol. The fourth-order valence-electron chi connectivity index (χ4n) is 2.52. The average Bonchev–Trinajstić information content (AvgIpc) is 2.65. The summed E-state index contributed by atoms with van der Waals surface area (Å²) < 4.78 is 16.5. The van der Waals surface area contributed by atoms with E-state index >= 15 is 0 Å². The van der Waals surface area contributed by atoms with Gasteiger partial charge in [-0.3, -0.25) is 0 Å². The molecule has 0 aliphatic rings. The zero-order valence-corrected chi connectivity index (χ0v) is 17.7. The first-order valence-electron chi connectivity index (χ1n) is 9.10. The SMILES string of the molecule is CC(C)OC(Cc1cccc(OCC(O)COc2ccc(Cl)cc2Cl)c1)C(=O)O. The Morgan fingerprint density at radius 1 is 1.07 bits per heavy atom. The number of aliphatic carboxylic acids is 1. The molecule has 0 bridgehead atoms. The number of benzene rings is 2. The summed E-state index contributed by atoms with van der Waals surface area (Å²) >= 11 is 11.9. The summed E-state index contributed by atoms with van der Waals surface area (Å²) in [6, 6.07) is 11.8. The number of hydrogen-bond acceptors (Lipinski definition) is 5. The van der Waals surface area contributed by atoms with Crippen LogP contribution in [-0.2, 0) is 16.0 Å². The van der Waals surface area contributed by atoms with Crippen molar-refractivity contribution in [3.05, 3.63) is 58.1 Å². The standard InChI is InChI=1S/C21H24Cl2O6/c1-13(2)29-20(21(25)26)9-14-4-3-5-17(8-14)27-11-16(24)12-28-19-7-6-15(22)10-18(19)23/h3-8,10,13,16,20,24H,9,11-12H2,1-2H3,(H,25,26). The van der Waals surface area contributed by atoms with Gasteiger partial charge in [-0.2, -0.15) is 0 Å². The monoisotopic (exact) mass is 442 g/mol. The summed E-state index contributed by atoms with van der Waals surface area (Å²) in [5, 5.41) is 20.2. The first-order valence-corrected chi connectivity index (χ1v) is 9.86. The van der Waals surface area contributed by atoms with Crippen molar-refractivity contribution in [3.63, 3.8) is 0 Å². The lowest BCUT2D eigenvalue weighted by Crippen LogP contribution is -2.29. The van der Waals surface area contributed by atoms with Gasteiger partial charge in [0, 0.05) is 11.4 Å². The lowest BCUT2D eigenvalue weighted by Gasteiger charge is -2.17. The number of rotatable bonds is 11. The Labute approximate surface area is 179 Å². The van der Waals surface area contributed by atoms with E-state index in [2.05, 4.69) is 0 Å². The lowest BCUT2D eigenvalue weighted by atomic mass is 10.1. The van der Waals surface area contributed by atoms with Crippen LogP contribution in [0.2, 0.25) is 10.0 Å². The molecule has 0 radical (unpaired) electrons. The highest BCUT2D eigenvalue weighted by atomic mass is 35.5. The van der Waals surface area contributed by atoms with Gasteiger partial charge in [-0.25, -0.2) is 4.79 Å². The molecule has 0 fully saturated rings. The fraction of sp³-hybridized carbons (Fsp3) is 0.381. The minimum Gasteiger partial charge on any atom is -0.491 e. The number of hydrogen-bond donors (Lipinski definition) is 2. The highest BCUT2D eigenvalue weighted by Gasteiger charge is 2.20. The van der Waals surface area contributed by atoms with Gasteiger partial charge < -0.3 is 24.4 Å². The highest BCUT2D eigenvalue weighted by Crippen LogP contribution is 2.27. The maximum atomic E-state index is 11.4. The molecule has 0 aliphatic heterocycles. The molecule has 0 saturated carbocycles. The molecule has 0 aromatic heterocycles. The van der Waals surface area contributed by atoms with Crippen LogP contribution in [0.15, 0.2) is 42.5 Å². The number of ether oxygens (including phenoxy) is 3. The molecule has 2 N–H and O–H groups in total. The van der Waals surface area contributed by atoms with Crippen molar-refractivity contribution in [3.8, 4) is 11.5 Å². The van der Waals surface area contributed by atoms with Gasteiger partial charge in [0.25, 0.3) is 0 Å². The Hall–Kier alpha value is -1.99. The van der Waals surface area contributed by atoms with Crippen LogP contribution in [0.25, 0.3) is 0 Å². The second kappa shape index (κ2) is 11.3. The van der Waals surface area contributed by atoms with Crippen molar-refractivity contribution in [2.45, 2.75) is 38.6 Å². The molecule has 29 heavy (non-hydrogen) atoms. The van der Waals surface area contributed by atoms with Crippen LogP contribution in [0.1, 0.15) is 19.4 Å². The summed E-state index contributed by atoms with van der Waals surface area (Å²) in [5.41, 5.74) is 0.759. The quantitative estimate of drug-likeness (QED) is 0.541. The number of carboxylic acid groups (broad SMARTS) is 1. The molecule has 2 aromatic rings. The van der Waals surface area contributed by atoms with Crippen molar-refractivity contribution >= 4 is 29.2 Å². The maximum Gasteiger partial charge on any atom is 0.333 e. The predicted octanol–water partition coefficient (Wildman–Crippen LogP) is 4.23. The molecule has 2 atom stereocenters. The van der Waals surface area contributed by atoms with Gasteiger partial charge in [-0.1, -0.05) is 35.3 Å². The minimum absolute atomic E-state index is 0.000481. The van der Waals surface area contributed by atoms with Gasteiger partial charge in [0.2, 0.25) is 0 Å². The molecule has 2 rings (SSSR count).